The molecular weight excluding hydrogens is 220 g/mol. The van der Waals surface area contributed by atoms with Gasteiger partial charge in [0.25, 0.3) is 0 Å². The van der Waals surface area contributed by atoms with Crippen molar-refractivity contribution >= 4 is 0 Å². The Kier molecular flexibility index (Phi) is 4.97. The molecule has 0 saturated carbocycles. The Morgan fingerprint density at radius 1 is 1.28 bits per heavy atom. The molecule has 1 fully saturated rings. The lowest BCUT2D eigenvalue weighted by Crippen LogP contribution is -2.52. The lowest BCUT2D eigenvalue weighted by atomic mass is 9.99. The second kappa shape index (κ2) is 6.72. The van der Waals surface area contributed by atoms with Crippen LogP contribution in [0.3, 0.4) is 0 Å². The lowest BCUT2D eigenvalue weighted by Gasteiger charge is -2.40. The molecule has 1 saturated heterocycles. The van der Waals surface area contributed by atoms with E-state index < -0.39 is 0 Å². The summed E-state index contributed by atoms with van der Waals surface area (Å²) in [5.74, 6) is 0. The largest absolute Gasteiger partial charge is 0.280 e. The molecule has 0 amide bonds. The maximum Gasteiger partial charge on any atom is 0.0527 e. The van der Waals surface area contributed by atoms with Gasteiger partial charge < -0.3 is 0 Å². The first-order valence-corrected chi connectivity index (χ1v) is 6.86. The molecule has 2 heteroatoms. The molecule has 98 valence electrons. The molecule has 0 aromatic rings. The van der Waals surface area contributed by atoms with Gasteiger partial charge in [0.15, 0.2) is 0 Å². The van der Waals surface area contributed by atoms with E-state index in [1.165, 1.54) is 24.1 Å². The average Bonchev–Trinajstić information content (AvgIpc) is 2.35. The molecular formula is C16H24N2. The Morgan fingerprint density at radius 3 is 2.72 bits per heavy atom. The van der Waals surface area contributed by atoms with E-state index in [0.29, 0.717) is 0 Å². The topological polar surface area (TPSA) is 6.48 Å². The average molecular weight is 244 g/mol. The maximum absolute atomic E-state index is 3.75. The molecule has 2 aliphatic rings. The summed E-state index contributed by atoms with van der Waals surface area (Å²) in [5, 5.41) is 0. The minimum atomic E-state index is 1.08. The quantitative estimate of drug-likeness (QED) is 0.522. The summed E-state index contributed by atoms with van der Waals surface area (Å²) in [4.78, 5) is 4.80. The highest BCUT2D eigenvalue weighted by molar-refractivity contribution is 5.35. The van der Waals surface area contributed by atoms with Crippen molar-refractivity contribution in [2.45, 2.75) is 25.7 Å². The van der Waals surface area contributed by atoms with Crippen LogP contribution >= 0.6 is 0 Å². The van der Waals surface area contributed by atoms with Crippen LogP contribution in [0.25, 0.3) is 0 Å². The van der Waals surface area contributed by atoms with Crippen LogP contribution in [-0.2, 0) is 0 Å². The van der Waals surface area contributed by atoms with Gasteiger partial charge in [-0.2, -0.15) is 0 Å². The van der Waals surface area contributed by atoms with Crippen LogP contribution < -0.4 is 0 Å². The van der Waals surface area contributed by atoms with Crippen LogP contribution in [0.1, 0.15) is 25.7 Å². The number of rotatable bonds is 6. The molecule has 0 atom stereocenters. The minimum absolute atomic E-state index is 1.08. The molecule has 0 bridgehead atoms. The molecule has 1 aliphatic carbocycles. The zero-order valence-corrected chi connectivity index (χ0v) is 11.4. The van der Waals surface area contributed by atoms with Crippen molar-refractivity contribution in [2.24, 2.45) is 0 Å². The van der Waals surface area contributed by atoms with Gasteiger partial charge in [0.2, 0.25) is 0 Å². The van der Waals surface area contributed by atoms with E-state index >= 15 is 0 Å². The van der Waals surface area contributed by atoms with Crippen molar-refractivity contribution in [2.75, 3.05) is 26.9 Å². The molecule has 0 unspecified atom stereocenters. The second-order valence-electron chi connectivity index (χ2n) is 5.24. The summed E-state index contributed by atoms with van der Waals surface area (Å²) in [6, 6.07) is 0. The fraction of sp³-hybridized carbons (Fsp3) is 0.500. The standard InChI is InChI=1S/C16H24N2/c1-3-4-5-6-15-7-9-16(10-8-15)11-12-18-13-17(2)14-18/h3,6-7,9-10H,1,4-5,8,11-14H2,2H3/b15-6-. The Labute approximate surface area is 111 Å². The Hall–Kier alpha value is -1.12. The highest BCUT2D eigenvalue weighted by atomic mass is 15.5. The first-order chi connectivity index (χ1) is 8.78. The van der Waals surface area contributed by atoms with E-state index in [9.17, 15) is 0 Å². The van der Waals surface area contributed by atoms with Gasteiger partial charge in [-0.3, -0.25) is 9.80 Å². The lowest BCUT2D eigenvalue weighted by molar-refractivity contribution is -0.00726. The van der Waals surface area contributed by atoms with Gasteiger partial charge >= 0.3 is 0 Å². The number of unbranched alkanes of at least 4 members (excludes halogenated alkanes) is 1. The summed E-state index contributed by atoms with van der Waals surface area (Å²) in [5.41, 5.74) is 2.94. The van der Waals surface area contributed by atoms with Gasteiger partial charge in [-0.15, -0.1) is 6.58 Å². The van der Waals surface area contributed by atoms with Crippen molar-refractivity contribution in [1.29, 1.82) is 0 Å². The minimum Gasteiger partial charge on any atom is -0.280 e. The van der Waals surface area contributed by atoms with E-state index in [4.69, 9.17) is 0 Å². The van der Waals surface area contributed by atoms with Crippen molar-refractivity contribution in [3.05, 3.63) is 48.1 Å². The van der Waals surface area contributed by atoms with Gasteiger partial charge in [-0.05, 0) is 38.3 Å². The molecule has 2 nitrogen and oxygen atoms in total. The van der Waals surface area contributed by atoms with Crippen LogP contribution in [-0.4, -0.2) is 36.7 Å². The molecule has 0 N–H and O–H groups in total. The van der Waals surface area contributed by atoms with E-state index in [1.54, 1.807) is 0 Å². The van der Waals surface area contributed by atoms with Crippen molar-refractivity contribution in [1.82, 2.24) is 9.80 Å². The third kappa shape index (κ3) is 3.97. The highest BCUT2D eigenvalue weighted by Gasteiger charge is 2.18. The molecule has 2 rings (SSSR count). The van der Waals surface area contributed by atoms with E-state index in [-0.39, 0.29) is 0 Å². The summed E-state index contributed by atoms with van der Waals surface area (Å²) < 4.78 is 0. The zero-order chi connectivity index (χ0) is 12.8. The summed E-state index contributed by atoms with van der Waals surface area (Å²) in [6.07, 6.45) is 15.7. The second-order valence-corrected chi connectivity index (χ2v) is 5.24. The molecule has 1 aliphatic heterocycles. The SMILES string of the molecule is C=CCC/C=C1/C=CC(CCN2CN(C)C2)=CC1. The molecule has 0 radical (unpaired) electrons. The van der Waals surface area contributed by atoms with Gasteiger partial charge in [0.1, 0.15) is 0 Å². The fourth-order valence-corrected chi connectivity index (χ4v) is 2.39. The van der Waals surface area contributed by atoms with E-state index in [0.717, 1.165) is 32.6 Å². The fourth-order valence-electron chi connectivity index (χ4n) is 2.39. The van der Waals surface area contributed by atoms with Gasteiger partial charge in [0, 0.05) is 6.54 Å². The third-order valence-electron chi connectivity index (χ3n) is 3.49. The summed E-state index contributed by atoms with van der Waals surface area (Å²) in [6.45, 7) is 7.20. The Balaban J connectivity index is 1.69. The highest BCUT2D eigenvalue weighted by Crippen LogP contribution is 2.19. The number of hydrogen-bond donors (Lipinski definition) is 0. The van der Waals surface area contributed by atoms with Crippen molar-refractivity contribution in [3.8, 4) is 0 Å². The van der Waals surface area contributed by atoms with Crippen LogP contribution in [0.15, 0.2) is 48.1 Å². The zero-order valence-electron chi connectivity index (χ0n) is 11.4. The maximum atomic E-state index is 3.75. The molecule has 0 aromatic heterocycles. The normalized spacial score (nSPS) is 22.9. The first kappa shape index (κ1) is 13.3. The predicted molar refractivity (Wildman–Crippen MR) is 78.2 cm³/mol. The van der Waals surface area contributed by atoms with E-state index in [2.05, 4.69) is 47.7 Å². The number of allylic oxidation sites excluding steroid dienone is 6. The molecule has 1 heterocycles. The first-order valence-electron chi connectivity index (χ1n) is 6.86. The van der Waals surface area contributed by atoms with Crippen molar-refractivity contribution < 1.29 is 0 Å². The van der Waals surface area contributed by atoms with Crippen LogP contribution in [0.2, 0.25) is 0 Å². The molecule has 18 heavy (non-hydrogen) atoms. The van der Waals surface area contributed by atoms with Gasteiger partial charge in [-0.1, -0.05) is 36.0 Å². The number of nitrogens with zero attached hydrogens (tertiary/aromatic N) is 2. The Morgan fingerprint density at radius 2 is 2.11 bits per heavy atom. The summed E-state index contributed by atoms with van der Waals surface area (Å²) in [7, 11) is 2.16. The molecule has 0 spiro atoms. The van der Waals surface area contributed by atoms with E-state index in [1.807, 2.05) is 6.08 Å². The number of hydrogen-bond acceptors (Lipinski definition) is 2. The van der Waals surface area contributed by atoms with Crippen molar-refractivity contribution in [3.63, 3.8) is 0 Å². The monoisotopic (exact) mass is 244 g/mol. The summed E-state index contributed by atoms with van der Waals surface area (Å²) >= 11 is 0. The van der Waals surface area contributed by atoms with Crippen LogP contribution in [0, 0.1) is 0 Å². The van der Waals surface area contributed by atoms with Gasteiger partial charge in [-0.25, -0.2) is 0 Å². The smallest absolute Gasteiger partial charge is 0.0527 e. The molecule has 0 aromatic carbocycles. The Bertz CT molecular complexity index is 371. The van der Waals surface area contributed by atoms with Gasteiger partial charge in [0.05, 0.1) is 13.3 Å². The third-order valence-corrected chi connectivity index (χ3v) is 3.49. The van der Waals surface area contributed by atoms with Crippen LogP contribution in [0.4, 0.5) is 0 Å². The predicted octanol–water partition coefficient (Wildman–Crippen LogP) is 3.32. The van der Waals surface area contributed by atoms with Crippen LogP contribution in [0.5, 0.6) is 0 Å².